The molecule has 0 aliphatic carbocycles. The SMILES string of the molecule is CCC1CCC(=O)N(Cc2cccc(C#N)c2F)CC1. The Labute approximate surface area is 119 Å². The molecule has 0 saturated carbocycles. The van der Waals surface area contributed by atoms with Crippen molar-refractivity contribution in [2.75, 3.05) is 6.54 Å². The summed E-state index contributed by atoms with van der Waals surface area (Å²) in [7, 11) is 0. The Morgan fingerprint density at radius 1 is 1.45 bits per heavy atom. The fourth-order valence-corrected chi connectivity index (χ4v) is 2.66. The number of carbonyl (C=O) groups is 1. The summed E-state index contributed by atoms with van der Waals surface area (Å²) in [5.74, 6) is 0.168. The van der Waals surface area contributed by atoms with Crippen molar-refractivity contribution in [3.63, 3.8) is 0 Å². The number of rotatable bonds is 3. The molecular formula is C16H19FN2O. The molecule has 1 unspecified atom stereocenters. The van der Waals surface area contributed by atoms with Gasteiger partial charge in [0.15, 0.2) is 0 Å². The summed E-state index contributed by atoms with van der Waals surface area (Å²) < 4.78 is 14.0. The fraction of sp³-hybridized carbons (Fsp3) is 0.500. The van der Waals surface area contributed by atoms with E-state index in [0.29, 0.717) is 24.4 Å². The van der Waals surface area contributed by atoms with Gasteiger partial charge >= 0.3 is 0 Å². The fourth-order valence-electron chi connectivity index (χ4n) is 2.66. The lowest BCUT2D eigenvalue weighted by Gasteiger charge is -2.21. The Morgan fingerprint density at radius 3 is 2.95 bits per heavy atom. The van der Waals surface area contributed by atoms with Crippen LogP contribution in [0.1, 0.15) is 43.7 Å². The van der Waals surface area contributed by atoms with E-state index in [9.17, 15) is 9.18 Å². The number of hydrogen-bond acceptors (Lipinski definition) is 2. The van der Waals surface area contributed by atoms with Crippen molar-refractivity contribution in [2.45, 2.75) is 39.2 Å². The molecule has 3 nitrogen and oxygen atoms in total. The largest absolute Gasteiger partial charge is 0.338 e. The van der Waals surface area contributed by atoms with Gasteiger partial charge in [-0.05, 0) is 24.8 Å². The molecule has 1 fully saturated rings. The third-order valence-corrected chi connectivity index (χ3v) is 4.06. The first-order valence-corrected chi connectivity index (χ1v) is 7.11. The molecule has 20 heavy (non-hydrogen) atoms. The van der Waals surface area contributed by atoms with Gasteiger partial charge in [-0.2, -0.15) is 5.26 Å². The topological polar surface area (TPSA) is 44.1 Å². The van der Waals surface area contributed by atoms with E-state index in [1.807, 2.05) is 6.07 Å². The molecule has 1 aliphatic heterocycles. The van der Waals surface area contributed by atoms with Crippen LogP contribution in [0.2, 0.25) is 0 Å². The Hall–Kier alpha value is -1.89. The van der Waals surface area contributed by atoms with Gasteiger partial charge in [-0.1, -0.05) is 25.5 Å². The highest BCUT2D eigenvalue weighted by molar-refractivity contribution is 5.76. The van der Waals surface area contributed by atoms with E-state index in [4.69, 9.17) is 5.26 Å². The van der Waals surface area contributed by atoms with E-state index in [2.05, 4.69) is 6.92 Å². The number of likely N-dealkylation sites (tertiary alicyclic amines) is 1. The summed E-state index contributed by atoms with van der Waals surface area (Å²) in [4.78, 5) is 13.8. The number of benzene rings is 1. The van der Waals surface area contributed by atoms with Gasteiger partial charge < -0.3 is 4.90 Å². The molecule has 1 amide bonds. The smallest absolute Gasteiger partial charge is 0.222 e. The van der Waals surface area contributed by atoms with Crippen LogP contribution in [0.4, 0.5) is 4.39 Å². The number of amides is 1. The number of carbonyl (C=O) groups excluding carboxylic acids is 1. The van der Waals surface area contributed by atoms with Crippen molar-refractivity contribution in [1.82, 2.24) is 4.90 Å². The van der Waals surface area contributed by atoms with Crippen LogP contribution in [-0.4, -0.2) is 17.4 Å². The van der Waals surface area contributed by atoms with Crippen LogP contribution in [0.3, 0.4) is 0 Å². The molecule has 0 bridgehead atoms. The molecule has 1 heterocycles. The van der Waals surface area contributed by atoms with Gasteiger partial charge in [-0.25, -0.2) is 4.39 Å². The second-order valence-corrected chi connectivity index (χ2v) is 5.31. The zero-order chi connectivity index (χ0) is 14.5. The van der Waals surface area contributed by atoms with Crippen LogP contribution in [0.25, 0.3) is 0 Å². The molecule has 1 atom stereocenters. The molecular weight excluding hydrogens is 255 g/mol. The molecule has 1 aromatic rings. The van der Waals surface area contributed by atoms with E-state index in [1.165, 1.54) is 6.07 Å². The van der Waals surface area contributed by atoms with Gasteiger partial charge in [0.25, 0.3) is 0 Å². The summed E-state index contributed by atoms with van der Waals surface area (Å²) in [5, 5.41) is 8.84. The first-order valence-electron chi connectivity index (χ1n) is 7.11. The standard InChI is InChI=1S/C16H19FN2O/c1-2-12-6-7-15(20)19(9-8-12)11-14-5-3-4-13(10-18)16(14)17/h3-5,12H,2,6-9,11H2,1H3. The third kappa shape index (κ3) is 3.16. The quantitative estimate of drug-likeness (QED) is 0.849. The molecule has 0 N–H and O–H groups in total. The van der Waals surface area contributed by atoms with Crippen LogP contribution in [-0.2, 0) is 11.3 Å². The van der Waals surface area contributed by atoms with E-state index in [0.717, 1.165) is 19.3 Å². The number of halogens is 1. The summed E-state index contributed by atoms with van der Waals surface area (Å²) in [6.45, 7) is 3.07. The van der Waals surface area contributed by atoms with Crippen molar-refractivity contribution in [3.05, 3.63) is 35.1 Å². The summed E-state index contributed by atoms with van der Waals surface area (Å²) in [6, 6.07) is 6.59. The Bertz CT molecular complexity index is 536. The Balaban J connectivity index is 2.13. The average Bonchev–Trinajstić information content (AvgIpc) is 2.64. The maximum Gasteiger partial charge on any atom is 0.222 e. The van der Waals surface area contributed by atoms with Crippen LogP contribution >= 0.6 is 0 Å². The monoisotopic (exact) mass is 274 g/mol. The first-order chi connectivity index (χ1) is 9.65. The number of nitriles is 1. The van der Waals surface area contributed by atoms with Gasteiger partial charge in [-0.3, -0.25) is 4.79 Å². The van der Waals surface area contributed by atoms with Gasteiger partial charge in [0.1, 0.15) is 11.9 Å². The second kappa shape index (κ2) is 6.51. The van der Waals surface area contributed by atoms with Crippen LogP contribution in [0.5, 0.6) is 0 Å². The zero-order valence-corrected chi connectivity index (χ0v) is 11.7. The zero-order valence-electron chi connectivity index (χ0n) is 11.7. The third-order valence-electron chi connectivity index (χ3n) is 4.06. The van der Waals surface area contributed by atoms with Crippen molar-refractivity contribution in [3.8, 4) is 6.07 Å². The molecule has 106 valence electrons. The Morgan fingerprint density at radius 2 is 2.25 bits per heavy atom. The normalized spacial score (nSPS) is 19.6. The van der Waals surface area contributed by atoms with E-state index < -0.39 is 5.82 Å². The molecule has 1 saturated heterocycles. The average molecular weight is 274 g/mol. The lowest BCUT2D eigenvalue weighted by molar-refractivity contribution is -0.131. The van der Waals surface area contributed by atoms with Crippen LogP contribution < -0.4 is 0 Å². The van der Waals surface area contributed by atoms with E-state index in [1.54, 1.807) is 17.0 Å². The molecule has 0 aromatic heterocycles. The lowest BCUT2D eigenvalue weighted by atomic mass is 9.98. The molecule has 2 rings (SSSR count). The highest BCUT2D eigenvalue weighted by Gasteiger charge is 2.22. The molecule has 1 aromatic carbocycles. The predicted octanol–water partition coefficient (Wildman–Crippen LogP) is 3.24. The van der Waals surface area contributed by atoms with Gasteiger partial charge in [0.05, 0.1) is 5.56 Å². The maximum absolute atomic E-state index is 14.0. The van der Waals surface area contributed by atoms with Crippen molar-refractivity contribution in [2.24, 2.45) is 5.92 Å². The Kier molecular flexibility index (Phi) is 4.73. The summed E-state index contributed by atoms with van der Waals surface area (Å²) in [6.07, 6.45) is 3.52. The first kappa shape index (κ1) is 14.5. The minimum Gasteiger partial charge on any atom is -0.338 e. The summed E-state index contributed by atoms with van der Waals surface area (Å²) in [5.41, 5.74) is 0.462. The number of nitrogens with zero attached hydrogens (tertiary/aromatic N) is 2. The molecule has 1 aliphatic rings. The minimum atomic E-state index is -0.501. The maximum atomic E-state index is 14.0. The van der Waals surface area contributed by atoms with Gasteiger partial charge in [0.2, 0.25) is 5.91 Å². The minimum absolute atomic E-state index is 0.0382. The van der Waals surface area contributed by atoms with Gasteiger partial charge in [-0.15, -0.1) is 0 Å². The van der Waals surface area contributed by atoms with E-state index >= 15 is 0 Å². The van der Waals surface area contributed by atoms with Crippen molar-refractivity contribution < 1.29 is 9.18 Å². The predicted molar refractivity (Wildman–Crippen MR) is 74.2 cm³/mol. The highest BCUT2D eigenvalue weighted by Crippen LogP contribution is 2.23. The number of hydrogen-bond donors (Lipinski definition) is 0. The van der Waals surface area contributed by atoms with E-state index in [-0.39, 0.29) is 18.0 Å². The molecule has 0 radical (unpaired) electrons. The van der Waals surface area contributed by atoms with Crippen LogP contribution in [0, 0.1) is 23.1 Å². The van der Waals surface area contributed by atoms with Crippen LogP contribution in [0.15, 0.2) is 18.2 Å². The second-order valence-electron chi connectivity index (χ2n) is 5.31. The molecule has 0 spiro atoms. The van der Waals surface area contributed by atoms with Crippen molar-refractivity contribution >= 4 is 5.91 Å². The van der Waals surface area contributed by atoms with Gasteiger partial charge in [0, 0.05) is 25.1 Å². The summed E-state index contributed by atoms with van der Waals surface area (Å²) >= 11 is 0. The highest BCUT2D eigenvalue weighted by atomic mass is 19.1. The van der Waals surface area contributed by atoms with Crippen molar-refractivity contribution in [1.29, 1.82) is 5.26 Å². The lowest BCUT2D eigenvalue weighted by Crippen LogP contribution is -2.30. The molecule has 4 heteroatoms.